The molecule has 6 heteroatoms. The number of halogens is 1. The van der Waals surface area contributed by atoms with Gasteiger partial charge in [0, 0.05) is 30.9 Å². The van der Waals surface area contributed by atoms with E-state index in [4.69, 9.17) is 4.74 Å². The third kappa shape index (κ3) is 5.88. The summed E-state index contributed by atoms with van der Waals surface area (Å²) < 4.78 is 6.23. The Labute approximate surface area is 128 Å². The van der Waals surface area contributed by atoms with Crippen molar-refractivity contribution in [1.82, 2.24) is 10.3 Å². The van der Waals surface area contributed by atoms with Crippen molar-refractivity contribution >= 4 is 27.7 Å². The molecule has 0 spiro atoms. The average molecular weight is 344 g/mol. The summed E-state index contributed by atoms with van der Waals surface area (Å²) in [5.74, 6) is 1.04. The monoisotopic (exact) mass is 343 g/mol. The van der Waals surface area contributed by atoms with Crippen LogP contribution in [0.5, 0.6) is 0 Å². The first kappa shape index (κ1) is 16.9. The number of hydrogen-bond donors (Lipinski definition) is 2. The highest BCUT2D eigenvalue weighted by Crippen LogP contribution is 2.17. The molecule has 0 bridgehead atoms. The molecule has 0 fully saturated rings. The van der Waals surface area contributed by atoms with Crippen LogP contribution >= 0.6 is 15.9 Å². The molecule has 0 unspecified atom stereocenters. The Morgan fingerprint density at radius 2 is 2.20 bits per heavy atom. The predicted octanol–water partition coefficient (Wildman–Crippen LogP) is 2.68. The Morgan fingerprint density at radius 1 is 1.45 bits per heavy atom. The summed E-state index contributed by atoms with van der Waals surface area (Å²) in [6, 6.07) is 1.74. The number of carbonyl (C=O) groups is 1. The van der Waals surface area contributed by atoms with E-state index >= 15 is 0 Å². The molecule has 1 heterocycles. The maximum absolute atomic E-state index is 12.1. The van der Waals surface area contributed by atoms with Gasteiger partial charge in [0.15, 0.2) is 0 Å². The number of aromatic nitrogens is 1. The minimum absolute atomic E-state index is 0.157. The number of pyridine rings is 1. The fraction of sp³-hybridized carbons (Fsp3) is 0.571. The lowest BCUT2D eigenvalue weighted by Crippen LogP contribution is -2.28. The van der Waals surface area contributed by atoms with Crippen molar-refractivity contribution in [2.24, 2.45) is 5.92 Å². The molecule has 0 saturated carbocycles. The van der Waals surface area contributed by atoms with Gasteiger partial charge in [-0.25, -0.2) is 4.98 Å². The molecule has 0 saturated heterocycles. The summed E-state index contributed by atoms with van der Waals surface area (Å²) in [6.07, 6.45) is 2.69. The van der Waals surface area contributed by atoms with Crippen molar-refractivity contribution in [3.8, 4) is 0 Å². The molecule has 2 N–H and O–H groups in total. The lowest BCUT2D eigenvalue weighted by molar-refractivity contribution is 0.0906. The van der Waals surface area contributed by atoms with Gasteiger partial charge in [0.25, 0.3) is 5.91 Å². The van der Waals surface area contributed by atoms with Crippen LogP contribution in [-0.2, 0) is 4.74 Å². The van der Waals surface area contributed by atoms with Crippen LogP contribution in [0.15, 0.2) is 16.7 Å². The molecule has 1 amide bonds. The molecule has 1 aromatic heterocycles. The second-order valence-electron chi connectivity index (χ2n) is 4.85. The first-order chi connectivity index (χ1) is 9.54. The van der Waals surface area contributed by atoms with Gasteiger partial charge in [0.2, 0.25) is 0 Å². The Kier molecular flexibility index (Phi) is 7.54. The zero-order valence-corrected chi connectivity index (χ0v) is 13.8. The lowest BCUT2D eigenvalue weighted by Gasteiger charge is -2.10. The van der Waals surface area contributed by atoms with Crippen LogP contribution in [0.2, 0.25) is 0 Å². The second-order valence-corrected chi connectivity index (χ2v) is 5.77. The van der Waals surface area contributed by atoms with Crippen LogP contribution in [0.1, 0.15) is 30.6 Å². The first-order valence-electron chi connectivity index (χ1n) is 6.73. The van der Waals surface area contributed by atoms with E-state index in [1.807, 2.05) is 0 Å². The van der Waals surface area contributed by atoms with Crippen LogP contribution in [0.3, 0.4) is 0 Å². The van der Waals surface area contributed by atoms with Crippen molar-refractivity contribution in [2.45, 2.75) is 20.3 Å². The molecule has 0 aromatic carbocycles. The normalized spacial score (nSPS) is 10.7. The Hall–Kier alpha value is -1.14. The highest BCUT2D eigenvalue weighted by atomic mass is 79.9. The Bertz CT molecular complexity index is 438. The van der Waals surface area contributed by atoms with Crippen LogP contribution in [0.25, 0.3) is 0 Å². The van der Waals surface area contributed by atoms with Crippen molar-refractivity contribution in [3.63, 3.8) is 0 Å². The Morgan fingerprint density at radius 3 is 2.85 bits per heavy atom. The molecule has 5 nitrogen and oxygen atoms in total. The average Bonchev–Trinajstić information content (AvgIpc) is 2.42. The zero-order chi connectivity index (χ0) is 15.0. The molecular formula is C14H22BrN3O2. The number of ether oxygens (including phenoxy) is 1. The van der Waals surface area contributed by atoms with Gasteiger partial charge in [-0.2, -0.15) is 0 Å². The number of nitrogens with one attached hydrogen (secondary N) is 2. The number of hydrogen-bond acceptors (Lipinski definition) is 4. The summed E-state index contributed by atoms with van der Waals surface area (Å²) in [5.41, 5.74) is 0.518. The number of carbonyl (C=O) groups excluding carboxylic acids is 1. The van der Waals surface area contributed by atoms with E-state index in [9.17, 15) is 4.79 Å². The molecule has 0 atom stereocenters. The standard InChI is InChI=1S/C14H22BrN3O2/c1-10(2)4-6-20-7-5-17-14(19)12-8-11(15)9-18-13(12)16-3/h8-10H,4-7H2,1-3H3,(H,16,18)(H,17,19). The Balaban J connectivity index is 2.37. The van der Waals surface area contributed by atoms with Crippen molar-refractivity contribution in [1.29, 1.82) is 0 Å². The van der Waals surface area contributed by atoms with E-state index in [2.05, 4.69) is 45.4 Å². The van der Waals surface area contributed by atoms with E-state index in [0.717, 1.165) is 17.5 Å². The number of anilines is 1. The lowest BCUT2D eigenvalue weighted by atomic mass is 10.1. The molecule has 0 radical (unpaired) electrons. The maximum atomic E-state index is 12.1. The van der Waals surface area contributed by atoms with Crippen LogP contribution < -0.4 is 10.6 Å². The summed E-state index contributed by atoms with van der Waals surface area (Å²) in [7, 11) is 1.74. The van der Waals surface area contributed by atoms with Crippen LogP contribution in [0.4, 0.5) is 5.82 Å². The molecule has 112 valence electrons. The molecule has 1 rings (SSSR count). The minimum Gasteiger partial charge on any atom is -0.380 e. The molecule has 0 aliphatic heterocycles. The fourth-order valence-corrected chi connectivity index (χ4v) is 1.90. The van der Waals surface area contributed by atoms with Crippen LogP contribution in [-0.4, -0.2) is 37.7 Å². The van der Waals surface area contributed by atoms with E-state index in [-0.39, 0.29) is 5.91 Å². The summed E-state index contributed by atoms with van der Waals surface area (Å²) in [4.78, 5) is 16.2. The van der Waals surface area contributed by atoms with E-state index in [1.165, 1.54) is 0 Å². The second kappa shape index (κ2) is 8.92. The summed E-state index contributed by atoms with van der Waals surface area (Å²) in [6.45, 7) is 6.06. The highest BCUT2D eigenvalue weighted by Gasteiger charge is 2.11. The zero-order valence-electron chi connectivity index (χ0n) is 12.2. The smallest absolute Gasteiger partial charge is 0.255 e. The summed E-state index contributed by atoms with van der Waals surface area (Å²) in [5, 5.41) is 5.73. The van der Waals surface area contributed by atoms with Crippen molar-refractivity contribution in [3.05, 3.63) is 22.3 Å². The number of rotatable bonds is 8. The first-order valence-corrected chi connectivity index (χ1v) is 7.53. The highest BCUT2D eigenvalue weighted by molar-refractivity contribution is 9.10. The topological polar surface area (TPSA) is 63.2 Å². The van der Waals surface area contributed by atoms with Gasteiger partial charge in [-0.1, -0.05) is 13.8 Å². The quantitative estimate of drug-likeness (QED) is 0.712. The van der Waals surface area contributed by atoms with E-state index in [0.29, 0.717) is 30.5 Å². The van der Waals surface area contributed by atoms with Gasteiger partial charge in [0.05, 0.1) is 12.2 Å². The molecule has 20 heavy (non-hydrogen) atoms. The number of amides is 1. The van der Waals surface area contributed by atoms with Gasteiger partial charge in [0.1, 0.15) is 5.82 Å². The largest absolute Gasteiger partial charge is 0.380 e. The predicted molar refractivity (Wildman–Crippen MR) is 84.1 cm³/mol. The molecule has 0 aliphatic rings. The van der Waals surface area contributed by atoms with Gasteiger partial charge in [-0.05, 0) is 34.3 Å². The molecular weight excluding hydrogens is 322 g/mol. The van der Waals surface area contributed by atoms with Crippen molar-refractivity contribution in [2.75, 3.05) is 32.1 Å². The van der Waals surface area contributed by atoms with E-state index in [1.54, 1.807) is 19.3 Å². The van der Waals surface area contributed by atoms with Crippen molar-refractivity contribution < 1.29 is 9.53 Å². The fourth-order valence-electron chi connectivity index (χ4n) is 1.56. The SMILES string of the molecule is CNc1ncc(Br)cc1C(=O)NCCOCCC(C)C. The third-order valence-corrected chi connectivity index (χ3v) is 3.14. The maximum Gasteiger partial charge on any atom is 0.255 e. The van der Waals surface area contributed by atoms with Gasteiger partial charge < -0.3 is 15.4 Å². The molecule has 1 aromatic rings. The van der Waals surface area contributed by atoms with E-state index < -0.39 is 0 Å². The third-order valence-electron chi connectivity index (χ3n) is 2.71. The van der Waals surface area contributed by atoms with Crippen LogP contribution in [0, 0.1) is 5.92 Å². The van der Waals surface area contributed by atoms with Gasteiger partial charge >= 0.3 is 0 Å². The van der Waals surface area contributed by atoms with Gasteiger partial charge in [-0.15, -0.1) is 0 Å². The molecule has 0 aliphatic carbocycles. The number of nitrogens with zero attached hydrogens (tertiary/aromatic N) is 1. The van der Waals surface area contributed by atoms with Gasteiger partial charge in [-0.3, -0.25) is 4.79 Å². The summed E-state index contributed by atoms with van der Waals surface area (Å²) >= 11 is 3.31. The minimum atomic E-state index is -0.157.